The van der Waals surface area contributed by atoms with Crippen LogP contribution in [-0.2, 0) is 16.0 Å². The first-order valence-corrected chi connectivity index (χ1v) is 9.52. The van der Waals surface area contributed by atoms with Gasteiger partial charge in [0.05, 0.1) is 10.6 Å². The van der Waals surface area contributed by atoms with E-state index in [1.165, 1.54) is 11.8 Å². The summed E-state index contributed by atoms with van der Waals surface area (Å²) in [6, 6.07) is 13.0. The fraction of sp³-hybridized carbons (Fsp3) is 0.263. The number of halogens is 1. The van der Waals surface area contributed by atoms with Gasteiger partial charge in [-0.3, -0.25) is 4.79 Å². The van der Waals surface area contributed by atoms with E-state index in [0.29, 0.717) is 5.02 Å². The van der Waals surface area contributed by atoms with E-state index < -0.39 is 5.97 Å². The number of nitrogens with zero attached hydrogens (tertiary/aromatic N) is 1. The third kappa shape index (κ3) is 3.67. The van der Waals surface area contributed by atoms with Gasteiger partial charge in [0.25, 0.3) is 5.91 Å². The number of rotatable bonds is 4. The lowest BCUT2D eigenvalue weighted by Crippen LogP contribution is -2.38. The van der Waals surface area contributed by atoms with Crippen LogP contribution in [0.5, 0.6) is 0 Å². The Morgan fingerprint density at radius 1 is 1.28 bits per heavy atom. The maximum absolute atomic E-state index is 12.6. The van der Waals surface area contributed by atoms with Crippen molar-refractivity contribution < 1.29 is 14.3 Å². The molecule has 1 aliphatic heterocycles. The minimum atomic E-state index is -0.589. The molecule has 6 heteroatoms. The summed E-state index contributed by atoms with van der Waals surface area (Å²) in [5, 5.41) is 0.315. The molecule has 0 aliphatic carbocycles. The van der Waals surface area contributed by atoms with Gasteiger partial charge in [-0.1, -0.05) is 29.8 Å². The van der Waals surface area contributed by atoms with Gasteiger partial charge >= 0.3 is 5.97 Å². The number of para-hydroxylation sites is 1. The standard InChI is InChI=1S/C19H18ClNO3S/c1-12-9-13-5-3-4-6-17(13)21(12)18(22)11-24-19(23)15-10-14(25-2)7-8-16(15)20/h3-8,10,12H,9,11H2,1-2H3. The molecule has 2 aromatic rings. The highest BCUT2D eigenvalue weighted by Crippen LogP contribution is 2.32. The molecule has 0 N–H and O–H groups in total. The number of esters is 1. The van der Waals surface area contributed by atoms with E-state index in [-0.39, 0.29) is 24.1 Å². The first-order chi connectivity index (χ1) is 12.0. The molecule has 0 spiro atoms. The minimum absolute atomic E-state index is 0.0482. The monoisotopic (exact) mass is 375 g/mol. The molecule has 1 amide bonds. The normalized spacial score (nSPS) is 15.8. The molecule has 0 saturated heterocycles. The van der Waals surface area contributed by atoms with Crippen LogP contribution >= 0.6 is 23.4 Å². The smallest absolute Gasteiger partial charge is 0.340 e. The molecule has 4 nitrogen and oxygen atoms in total. The molecular weight excluding hydrogens is 358 g/mol. The van der Waals surface area contributed by atoms with Crippen LogP contribution in [-0.4, -0.2) is 30.8 Å². The molecule has 25 heavy (non-hydrogen) atoms. The van der Waals surface area contributed by atoms with Gasteiger partial charge in [0.1, 0.15) is 0 Å². The third-order valence-electron chi connectivity index (χ3n) is 4.20. The van der Waals surface area contributed by atoms with Crippen LogP contribution in [0.2, 0.25) is 5.02 Å². The van der Waals surface area contributed by atoms with Gasteiger partial charge in [0, 0.05) is 16.6 Å². The first-order valence-electron chi connectivity index (χ1n) is 7.92. The lowest BCUT2D eigenvalue weighted by atomic mass is 10.1. The molecule has 2 aromatic carbocycles. The number of thioether (sulfide) groups is 1. The predicted octanol–water partition coefficient (Wildman–Crippen LogP) is 4.20. The number of ether oxygens (including phenoxy) is 1. The molecule has 0 aromatic heterocycles. The Hall–Kier alpha value is -1.98. The molecule has 130 valence electrons. The van der Waals surface area contributed by atoms with Crippen LogP contribution in [0.25, 0.3) is 0 Å². The molecule has 3 rings (SSSR count). The van der Waals surface area contributed by atoms with Crippen molar-refractivity contribution in [2.24, 2.45) is 0 Å². The molecule has 1 atom stereocenters. The highest BCUT2D eigenvalue weighted by atomic mass is 35.5. The predicted molar refractivity (Wildman–Crippen MR) is 101 cm³/mol. The maximum Gasteiger partial charge on any atom is 0.340 e. The van der Waals surface area contributed by atoms with E-state index >= 15 is 0 Å². The van der Waals surface area contributed by atoms with Gasteiger partial charge in [-0.15, -0.1) is 11.8 Å². The molecule has 0 bridgehead atoms. The third-order valence-corrected chi connectivity index (χ3v) is 5.25. The lowest BCUT2D eigenvalue weighted by molar-refractivity contribution is -0.122. The van der Waals surface area contributed by atoms with E-state index in [4.69, 9.17) is 16.3 Å². The van der Waals surface area contributed by atoms with Gasteiger partial charge in [-0.2, -0.15) is 0 Å². The average molecular weight is 376 g/mol. The Bertz CT molecular complexity index is 824. The van der Waals surface area contributed by atoms with Crippen molar-refractivity contribution >= 4 is 40.9 Å². The van der Waals surface area contributed by atoms with E-state index in [1.807, 2.05) is 43.5 Å². The number of fused-ring (bicyclic) bond motifs is 1. The number of carbonyl (C=O) groups is 2. The Morgan fingerprint density at radius 3 is 2.80 bits per heavy atom. The van der Waals surface area contributed by atoms with E-state index in [9.17, 15) is 9.59 Å². The number of amides is 1. The van der Waals surface area contributed by atoms with Gasteiger partial charge in [-0.25, -0.2) is 4.79 Å². The van der Waals surface area contributed by atoms with E-state index in [0.717, 1.165) is 22.6 Å². The molecule has 1 unspecified atom stereocenters. The van der Waals surface area contributed by atoms with Crippen molar-refractivity contribution in [2.45, 2.75) is 24.3 Å². The second-order valence-electron chi connectivity index (χ2n) is 5.87. The zero-order chi connectivity index (χ0) is 18.0. The SMILES string of the molecule is CSc1ccc(Cl)c(C(=O)OCC(=O)N2c3ccccc3CC2C)c1. The Balaban J connectivity index is 1.70. The summed E-state index contributed by atoms with van der Waals surface area (Å²) in [5.74, 6) is -0.822. The number of hydrogen-bond acceptors (Lipinski definition) is 4. The largest absolute Gasteiger partial charge is 0.452 e. The van der Waals surface area contributed by atoms with Gasteiger partial charge < -0.3 is 9.64 Å². The molecule has 0 saturated carbocycles. The van der Waals surface area contributed by atoms with Crippen LogP contribution in [0.1, 0.15) is 22.8 Å². The maximum atomic E-state index is 12.6. The zero-order valence-electron chi connectivity index (χ0n) is 14.0. The van der Waals surface area contributed by atoms with Crippen molar-refractivity contribution in [2.75, 3.05) is 17.8 Å². The summed E-state index contributed by atoms with van der Waals surface area (Å²) in [6.45, 7) is 1.68. The van der Waals surface area contributed by atoms with Gasteiger partial charge in [0.15, 0.2) is 6.61 Å². The summed E-state index contributed by atoms with van der Waals surface area (Å²) in [6.07, 6.45) is 2.71. The van der Waals surface area contributed by atoms with E-state index in [1.54, 1.807) is 17.0 Å². The summed E-state index contributed by atoms with van der Waals surface area (Å²) < 4.78 is 5.22. The minimum Gasteiger partial charge on any atom is -0.452 e. The lowest BCUT2D eigenvalue weighted by Gasteiger charge is -2.22. The summed E-state index contributed by atoms with van der Waals surface area (Å²) in [7, 11) is 0. The van der Waals surface area contributed by atoms with Gasteiger partial charge in [0.2, 0.25) is 0 Å². The number of anilines is 1. The quantitative estimate of drug-likeness (QED) is 0.593. The summed E-state index contributed by atoms with van der Waals surface area (Å²) >= 11 is 7.58. The number of carbonyl (C=O) groups excluding carboxylic acids is 2. The Labute approximate surface area is 156 Å². The fourth-order valence-corrected chi connectivity index (χ4v) is 3.64. The zero-order valence-corrected chi connectivity index (χ0v) is 15.6. The average Bonchev–Trinajstić information content (AvgIpc) is 2.95. The highest BCUT2D eigenvalue weighted by Gasteiger charge is 2.31. The van der Waals surface area contributed by atoms with Crippen LogP contribution in [0.3, 0.4) is 0 Å². The van der Waals surface area contributed by atoms with Crippen molar-refractivity contribution in [3.63, 3.8) is 0 Å². The second kappa shape index (κ2) is 7.50. The van der Waals surface area contributed by atoms with Crippen LogP contribution in [0.4, 0.5) is 5.69 Å². The Morgan fingerprint density at radius 2 is 2.04 bits per heavy atom. The second-order valence-corrected chi connectivity index (χ2v) is 7.15. The van der Waals surface area contributed by atoms with Crippen LogP contribution in [0, 0.1) is 0 Å². The van der Waals surface area contributed by atoms with Crippen molar-refractivity contribution in [1.29, 1.82) is 0 Å². The van der Waals surface area contributed by atoms with Crippen LogP contribution in [0.15, 0.2) is 47.4 Å². The van der Waals surface area contributed by atoms with Crippen molar-refractivity contribution in [1.82, 2.24) is 0 Å². The molecule has 0 fully saturated rings. The molecule has 1 aliphatic rings. The molecular formula is C19H18ClNO3S. The first kappa shape index (κ1) is 17.8. The summed E-state index contributed by atoms with van der Waals surface area (Å²) in [5.41, 5.74) is 2.29. The topological polar surface area (TPSA) is 46.6 Å². The van der Waals surface area contributed by atoms with Crippen molar-refractivity contribution in [3.8, 4) is 0 Å². The van der Waals surface area contributed by atoms with Crippen LogP contribution < -0.4 is 4.90 Å². The fourth-order valence-electron chi connectivity index (χ4n) is 3.01. The van der Waals surface area contributed by atoms with E-state index in [2.05, 4.69) is 0 Å². The molecule has 1 heterocycles. The summed E-state index contributed by atoms with van der Waals surface area (Å²) in [4.78, 5) is 27.5. The van der Waals surface area contributed by atoms with Gasteiger partial charge in [-0.05, 0) is 49.4 Å². The molecule has 0 radical (unpaired) electrons. The highest BCUT2D eigenvalue weighted by molar-refractivity contribution is 7.98. The number of benzene rings is 2. The van der Waals surface area contributed by atoms with Crippen molar-refractivity contribution in [3.05, 3.63) is 58.6 Å². The Kier molecular flexibility index (Phi) is 5.35. The number of hydrogen-bond donors (Lipinski definition) is 0.